The van der Waals surface area contributed by atoms with Crippen molar-refractivity contribution in [1.29, 1.82) is 0 Å². The molecule has 0 aliphatic carbocycles. The van der Waals surface area contributed by atoms with E-state index in [1.54, 1.807) is 4.90 Å². The molecule has 17 heavy (non-hydrogen) atoms. The molecule has 3 nitrogen and oxygen atoms in total. The summed E-state index contributed by atoms with van der Waals surface area (Å²) < 4.78 is 0. The number of hydrogen-bond acceptors (Lipinski definition) is 2. The van der Waals surface area contributed by atoms with Gasteiger partial charge in [-0.25, -0.2) is 0 Å². The fourth-order valence-corrected chi connectivity index (χ4v) is 2.30. The standard InChI is InChI=1S/C14H17NO2/c1-10-5-3-6-12(9-10)15-8-4-7-13(11(2)16)14(15)17/h3,5-6,9,13H,4,7-8H2,1-2H3/t13-/m1/s1. The number of amides is 1. The molecule has 1 saturated heterocycles. The number of benzene rings is 1. The normalized spacial score (nSPS) is 20.5. The predicted octanol–water partition coefficient (Wildman–Crippen LogP) is 2.33. The molecule has 1 aliphatic heterocycles. The number of nitrogens with zero attached hydrogens (tertiary/aromatic N) is 1. The highest BCUT2D eigenvalue weighted by molar-refractivity contribution is 6.08. The molecule has 2 rings (SSSR count). The first kappa shape index (κ1) is 11.8. The van der Waals surface area contributed by atoms with Gasteiger partial charge in [0, 0.05) is 12.2 Å². The van der Waals surface area contributed by atoms with Crippen LogP contribution in [-0.2, 0) is 9.59 Å². The molecule has 0 unspecified atom stereocenters. The lowest BCUT2D eigenvalue weighted by Gasteiger charge is -2.31. The summed E-state index contributed by atoms with van der Waals surface area (Å²) in [6, 6.07) is 7.85. The van der Waals surface area contributed by atoms with E-state index in [0.717, 1.165) is 17.7 Å². The van der Waals surface area contributed by atoms with Crippen molar-refractivity contribution in [2.24, 2.45) is 5.92 Å². The Morgan fingerprint density at radius 3 is 2.82 bits per heavy atom. The van der Waals surface area contributed by atoms with Crippen LogP contribution in [0.5, 0.6) is 0 Å². The Balaban J connectivity index is 2.27. The van der Waals surface area contributed by atoms with Crippen molar-refractivity contribution in [3.8, 4) is 0 Å². The maximum atomic E-state index is 12.2. The molecular formula is C14H17NO2. The average Bonchev–Trinajstić information content (AvgIpc) is 2.29. The van der Waals surface area contributed by atoms with Crippen molar-refractivity contribution in [2.75, 3.05) is 11.4 Å². The van der Waals surface area contributed by atoms with E-state index in [2.05, 4.69) is 0 Å². The highest BCUT2D eigenvalue weighted by Gasteiger charge is 2.32. The monoisotopic (exact) mass is 231 g/mol. The van der Waals surface area contributed by atoms with Crippen LogP contribution >= 0.6 is 0 Å². The summed E-state index contributed by atoms with van der Waals surface area (Å²) in [5.41, 5.74) is 2.03. The molecule has 0 N–H and O–H groups in total. The topological polar surface area (TPSA) is 37.4 Å². The number of piperidine rings is 1. The first-order valence-corrected chi connectivity index (χ1v) is 5.98. The fourth-order valence-electron chi connectivity index (χ4n) is 2.30. The van der Waals surface area contributed by atoms with Gasteiger partial charge >= 0.3 is 0 Å². The molecule has 1 aromatic rings. The Hall–Kier alpha value is -1.64. The van der Waals surface area contributed by atoms with E-state index in [1.807, 2.05) is 31.2 Å². The SMILES string of the molecule is CC(=O)[C@H]1CCCN(c2cccc(C)c2)C1=O. The number of hydrogen-bond donors (Lipinski definition) is 0. The maximum absolute atomic E-state index is 12.2. The second-order valence-corrected chi connectivity index (χ2v) is 4.63. The van der Waals surface area contributed by atoms with Crippen LogP contribution in [0.3, 0.4) is 0 Å². The van der Waals surface area contributed by atoms with Gasteiger partial charge in [0.05, 0.1) is 5.92 Å². The minimum atomic E-state index is -0.440. The predicted molar refractivity (Wildman–Crippen MR) is 66.9 cm³/mol. The van der Waals surface area contributed by atoms with Gasteiger partial charge in [-0.05, 0) is 44.4 Å². The number of carbonyl (C=O) groups is 2. The van der Waals surface area contributed by atoms with E-state index < -0.39 is 5.92 Å². The highest BCUT2D eigenvalue weighted by Crippen LogP contribution is 2.25. The molecule has 90 valence electrons. The number of anilines is 1. The van der Waals surface area contributed by atoms with Gasteiger partial charge in [-0.3, -0.25) is 9.59 Å². The second kappa shape index (κ2) is 4.70. The summed E-state index contributed by atoms with van der Waals surface area (Å²) in [4.78, 5) is 25.3. The lowest BCUT2D eigenvalue weighted by atomic mass is 9.93. The lowest BCUT2D eigenvalue weighted by molar-refractivity contribution is -0.132. The summed E-state index contributed by atoms with van der Waals surface area (Å²) in [7, 11) is 0. The van der Waals surface area contributed by atoms with Gasteiger partial charge in [0.2, 0.25) is 5.91 Å². The third-order valence-corrected chi connectivity index (χ3v) is 3.24. The van der Waals surface area contributed by atoms with Gasteiger partial charge < -0.3 is 4.90 Å². The van der Waals surface area contributed by atoms with E-state index in [1.165, 1.54) is 6.92 Å². The largest absolute Gasteiger partial charge is 0.312 e. The van der Waals surface area contributed by atoms with E-state index in [-0.39, 0.29) is 11.7 Å². The van der Waals surface area contributed by atoms with Crippen molar-refractivity contribution in [3.05, 3.63) is 29.8 Å². The molecule has 0 saturated carbocycles. The van der Waals surface area contributed by atoms with Crippen LogP contribution in [0.4, 0.5) is 5.69 Å². The average molecular weight is 231 g/mol. The van der Waals surface area contributed by atoms with Crippen molar-refractivity contribution in [3.63, 3.8) is 0 Å². The van der Waals surface area contributed by atoms with Gasteiger partial charge in [-0.15, -0.1) is 0 Å². The summed E-state index contributed by atoms with van der Waals surface area (Å²) in [5.74, 6) is -0.508. The van der Waals surface area contributed by atoms with Gasteiger partial charge in [0.15, 0.2) is 0 Å². The van der Waals surface area contributed by atoms with Crippen LogP contribution in [0.1, 0.15) is 25.3 Å². The fraction of sp³-hybridized carbons (Fsp3) is 0.429. The smallest absolute Gasteiger partial charge is 0.237 e. The van der Waals surface area contributed by atoms with Gasteiger partial charge in [-0.2, -0.15) is 0 Å². The molecule has 3 heteroatoms. The van der Waals surface area contributed by atoms with Crippen LogP contribution in [-0.4, -0.2) is 18.2 Å². The van der Waals surface area contributed by atoms with Crippen LogP contribution in [0.2, 0.25) is 0 Å². The number of Topliss-reactive ketones (excluding diaryl/α,β-unsaturated/α-hetero) is 1. The Kier molecular flexibility index (Phi) is 3.27. The molecule has 1 fully saturated rings. The van der Waals surface area contributed by atoms with E-state index >= 15 is 0 Å². The van der Waals surface area contributed by atoms with Gasteiger partial charge in [0.1, 0.15) is 5.78 Å². The molecule has 0 radical (unpaired) electrons. The van der Waals surface area contributed by atoms with E-state index in [0.29, 0.717) is 13.0 Å². The third-order valence-electron chi connectivity index (χ3n) is 3.24. The number of carbonyl (C=O) groups excluding carboxylic acids is 2. The van der Waals surface area contributed by atoms with Crippen LogP contribution in [0, 0.1) is 12.8 Å². The number of ketones is 1. The van der Waals surface area contributed by atoms with E-state index in [4.69, 9.17) is 0 Å². The van der Waals surface area contributed by atoms with Crippen molar-refractivity contribution < 1.29 is 9.59 Å². The minimum Gasteiger partial charge on any atom is -0.312 e. The van der Waals surface area contributed by atoms with Gasteiger partial charge in [0.25, 0.3) is 0 Å². The quantitative estimate of drug-likeness (QED) is 0.732. The zero-order valence-corrected chi connectivity index (χ0v) is 10.3. The maximum Gasteiger partial charge on any atom is 0.237 e. The molecule has 1 atom stereocenters. The van der Waals surface area contributed by atoms with E-state index in [9.17, 15) is 9.59 Å². The summed E-state index contributed by atoms with van der Waals surface area (Å²) in [6.45, 7) is 4.22. The summed E-state index contributed by atoms with van der Waals surface area (Å²) in [6.07, 6.45) is 1.58. The molecule has 0 spiro atoms. The van der Waals surface area contributed by atoms with Crippen molar-refractivity contribution in [2.45, 2.75) is 26.7 Å². The third kappa shape index (κ3) is 2.38. The molecule has 1 amide bonds. The van der Waals surface area contributed by atoms with Crippen LogP contribution in [0.25, 0.3) is 0 Å². The first-order chi connectivity index (χ1) is 8.09. The highest BCUT2D eigenvalue weighted by atomic mass is 16.2. The molecule has 1 aromatic carbocycles. The summed E-state index contributed by atoms with van der Waals surface area (Å²) in [5, 5.41) is 0. The number of rotatable bonds is 2. The van der Waals surface area contributed by atoms with Crippen molar-refractivity contribution in [1.82, 2.24) is 0 Å². The Labute approximate surface area is 101 Å². The zero-order valence-electron chi connectivity index (χ0n) is 10.3. The summed E-state index contributed by atoms with van der Waals surface area (Å²) >= 11 is 0. The molecule has 1 heterocycles. The molecule has 0 bridgehead atoms. The van der Waals surface area contributed by atoms with Gasteiger partial charge in [-0.1, -0.05) is 12.1 Å². The zero-order chi connectivity index (χ0) is 12.4. The molecular weight excluding hydrogens is 214 g/mol. The Morgan fingerprint density at radius 2 is 2.18 bits per heavy atom. The Bertz CT molecular complexity index is 453. The Morgan fingerprint density at radius 1 is 1.41 bits per heavy atom. The minimum absolute atomic E-state index is 0.0210. The first-order valence-electron chi connectivity index (χ1n) is 5.98. The van der Waals surface area contributed by atoms with Crippen LogP contribution in [0.15, 0.2) is 24.3 Å². The lowest BCUT2D eigenvalue weighted by Crippen LogP contribution is -2.43. The van der Waals surface area contributed by atoms with Crippen molar-refractivity contribution >= 4 is 17.4 Å². The molecule has 0 aromatic heterocycles. The number of aryl methyl sites for hydroxylation is 1. The molecule has 1 aliphatic rings. The second-order valence-electron chi connectivity index (χ2n) is 4.63. The van der Waals surface area contributed by atoms with Crippen LogP contribution < -0.4 is 4.90 Å².